The Morgan fingerprint density at radius 2 is 2.12 bits per heavy atom. The zero-order valence-corrected chi connectivity index (χ0v) is 12.2. The fraction of sp³-hybridized carbons (Fsp3) is 0.800. The van der Waals surface area contributed by atoms with Gasteiger partial charge in [-0.3, -0.25) is 4.79 Å². The van der Waals surface area contributed by atoms with Crippen LogP contribution >= 0.6 is 24.0 Å². The van der Waals surface area contributed by atoms with Gasteiger partial charge in [-0.05, 0) is 18.8 Å². The summed E-state index contributed by atoms with van der Waals surface area (Å²) < 4.78 is 0. The van der Waals surface area contributed by atoms with E-state index in [-0.39, 0.29) is 36.4 Å². The number of nitrogens with two attached hydrogens (primary N) is 1. The summed E-state index contributed by atoms with van der Waals surface area (Å²) >= 11 is 0. The van der Waals surface area contributed by atoms with Crippen molar-refractivity contribution in [3.63, 3.8) is 0 Å². The Bertz CT molecular complexity index is 251. The van der Waals surface area contributed by atoms with Crippen LogP contribution in [0.1, 0.15) is 26.7 Å². The lowest BCUT2D eigenvalue weighted by atomic mass is 10.2. The topological polar surface area (TPSA) is 79.5 Å². The fourth-order valence-corrected chi connectivity index (χ4v) is 1.02. The molecule has 0 saturated heterocycles. The van der Waals surface area contributed by atoms with E-state index < -0.39 is 0 Å². The van der Waals surface area contributed by atoms with Crippen molar-refractivity contribution in [3.05, 3.63) is 0 Å². The highest BCUT2D eigenvalue weighted by Crippen LogP contribution is 2.18. The molecule has 0 atom stereocenters. The minimum absolute atomic E-state index is 0. The Balaban J connectivity index is 0.00000225. The molecule has 0 bridgehead atoms. The van der Waals surface area contributed by atoms with Gasteiger partial charge >= 0.3 is 0 Å². The van der Waals surface area contributed by atoms with Crippen LogP contribution in [0.2, 0.25) is 0 Å². The van der Waals surface area contributed by atoms with Gasteiger partial charge in [0.15, 0.2) is 5.96 Å². The minimum atomic E-state index is -0.0493. The predicted molar refractivity (Wildman–Crippen MR) is 75.9 cm³/mol. The van der Waals surface area contributed by atoms with Crippen molar-refractivity contribution >= 4 is 35.8 Å². The summed E-state index contributed by atoms with van der Waals surface area (Å²) in [7, 11) is 0. The van der Waals surface area contributed by atoms with Gasteiger partial charge in [-0.15, -0.1) is 24.0 Å². The fourth-order valence-electron chi connectivity index (χ4n) is 1.02. The van der Waals surface area contributed by atoms with E-state index >= 15 is 0 Å². The maximum atomic E-state index is 11.2. The molecule has 0 aliphatic heterocycles. The van der Waals surface area contributed by atoms with Crippen molar-refractivity contribution in [2.24, 2.45) is 16.6 Å². The van der Waals surface area contributed by atoms with Gasteiger partial charge in [0.05, 0.1) is 0 Å². The average molecular weight is 340 g/mol. The number of nitrogens with zero attached hydrogens (tertiary/aromatic N) is 1. The van der Waals surface area contributed by atoms with Gasteiger partial charge < -0.3 is 16.4 Å². The second-order valence-electron chi connectivity index (χ2n) is 4.32. The molecule has 6 heteroatoms. The van der Waals surface area contributed by atoms with Crippen molar-refractivity contribution in [1.82, 2.24) is 10.6 Å². The number of aliphatic imine (C=N–C) groups is 1. The standard InChI is InChI=1S/C10H20N4O.HI/c1-7(2)5-12-10(11)13-6-9(15)14-8-3-4-8;/h7-8H,3-6H2,1-2H3,(H,14,15)(H3,11,12,13);1H. The maximum Gasteiger partial charge on any atom is 0.242 e. The molecule has 1 amide bonds. The minimum Gasteiger partial charge on any atom is -0.370 e. The Morgan fingerprint density at radius 3 is 2.62 bits per heavy atom. The number of guanidine groups is 1. The van der Waals surface area contributed by atoms with E-state index in [0.717, 1.165) is 19.4 Å². The molecule has 0 aromatic heterocycles. The number of rotatable bonds is 5. The van der Waals surface area contributed by atoms with Crippen LogP contribution in [-0.2, 0) is 4.79 Å². The third-order valence-electron chi connectivity index (χ3n) is 2.03. The predicted octanol–water partition coefficient (Wildman–Crippen LogP) is 0.443. The molecule has 0 heterocycles. The van der Waals surface area contributed by atoms with Crippen LogP contribution in [0.3, 0.4) is 0 Å². The molecule has 94 valence electrons. The second-order valence-corrected chi connectivity index (χ2v) is 4.32. The van der Waals surface area contributed by atoms with Crippen LogP contribution in [0.5, 0.6) is 0 Å². The summed E-state index contributed by atoms with van der Waals surface area (Å²) in [6, 6.07) is 0.387. The number of hydrogen-bond donors (Lipinski definition) is 3. The van der Waals surface area contributed by atoms with Gasteiger partial charge in [-0.1, -0.05) is 13.8 Å². The summed E-state index contributed by atoms with van der Waals surface area (Å²) in [5.74, 6) is 0.806. The molecule has 0 radical (unpaired) electrons. The third-order valence-corrected chi connectivity index (χ3v) is 2.03. The van der Waals surface area contributed by atoms with E-state index in [2.05, 4.69) is 29.5 Å². The molecule has 0 unspecified atom stereocenters. The van der Waals surface area contributed by atoms with E-state index in [1.165, 1.54) is 0 Å². The third kappa shape index (κ3) is 7.72. The average Bonchev–Trinajstić information content (AvgIpc) is 2.95. The number of halogens is 1. The van der Waals surface area contributed by atoms with Gasteiger partial charge in [-0.25, -0.2) is 4.99 Å². The van der Waals surface area contributed by atoms with Gasteiger partial charge in [0.25, 0.3) is 0 Å². The van der Waals surface area contributed by atoms with Gasteiger partial charge in [0.2, 0.25) is 5.91 Å². The lowest BCUT2D eigenvalue weighted by Crippen LogP contribution is -2.36. The van der Waals surface area contributed by atoms with Crippen LogP contribution < -0.4 is 16.4 Å². The van der Waals surface area contributed by atoms with E-state index in [4.69, 9.17) is 5.73 Å². The first-order valence-electron chi connectivity index (χ1n) is 5.41. The molecule has 0 spiro atoms. The van der Waals surface area contributed by atoms with Crippen molar-refractivity contribution in [1.29, 1.82) is 0 Å². The first-order chi connectivity index (χ1) is 7.08. The van der Waals surface area contributed by atoms with Crippen LogP contribution in [0.25, 0.3) is 0 Å². The molecular formula is C10H21IN4O. The molecule has 1 aliphatic rings. The SMILES string of the molecule is CC(C)CNC(N)=NCC(=O)NC1CC1.I. The number of amides is 1. The smallest absolute Gasteiger partial charge is 0.242 e. The molecule has 1 saturated carbocycles. The zero-order chi connectivity index (χ0) is 11.3. The number of nitrogens with one attached hydrogen (secondary N) is 2. The first kappa shape index (κ1) is 15.5. The lowest BCUT2D eigenvalue weighted by molar-refractivity contribution is -0.119. The number of hydrogen-bond acceptors (Lipinski definition) is 2. The van der Waals surface area contributed by atoms with Gasteiger partial charge in [0, 0.05) is 12.6 Å². The molecule has 0 aromatic rings. The highest BCUT2D eigenvalue weighted by Gasteiger charge is 2.22. The zero-order valence-electron chi connectivity index (χ0n) is 9.82. The van der Waals surface area contributed by atoms with Crippen LogP contribution in [0.15, 0.2) is 4.99 Å². The quantitative estimate of drug-likeness (QED) is 0.386. The lowest BCUT2D eigenvalue weighted by Gasteiger charge is -2.07. The second kappa shape index (κ2) is 7.70. The van der Waals surface area contributed by atoms with Crippen LogP contribution in [0.4, 0.5) is 0 Å². The Kier molecular flexibility index (Phi) is 7.44. The van der Waals surface area contributed by atoms with E-state index in [9.17, 15) is 4.79 Å². The van der Waals surface area contributed by atoms with E-state index in [1.807, 2.05) is 0 Å². The largest absolute Gasteiger partial charge is 0.370 e. The summed E-state index contributed by atoms with van der Waals surface area (Å²) in [6.07, 6.45) is 2.19. The molecule has 4 N–H and O–H groups in total. The van der Waals surface area contributed by atoms with E-state index in [1.54, 1.807) is 0 Å². The molecule has 16 heavy (non-hydrogen) atoms. The maximum absolute atomic E-state index is 11.2. The summed E-state index contributed by atoms with van der Waals surface area (Å²) in [5, 5.41) is 5.80. The summed E-state index contributed by atoms with van der Waals surface area (Å²) in [5.41, 5.74) is 5.58. The van der Waals surface area contributed by atoms with Crippen molar-refractivity contribution in [2.75, 3.05) is 13.1 Å². The van der Waals surface area contributed by atoms with Crippen molar-refractivity contribution in [2.45, 2.75) is 32.7 Å². The Labute approximate surface area is 114 Å². The number of carbonyl (C=O) groups is 1. The number of carbonyl (C=O) groups excluding carboxylic acids is 1. The van der Waals surface area contributed by atoms with E-state index in [0.29, 0.717) is 17.9 Å². The molecular weight excluding hydrogens is 319 g/mol. The highest BCUT2D eigenvalue weighted by atomic mass is 127. The highest BCUT2D eigenvalue weighted by molar-refractivity contribution is 14.0. The summed E-state index contributed by atoms with van der Waals surface area (Å²) in [4.78, 5) is 15.2. The monoisotopic (exact) mass is 340 g/mol. The van der Waals surface area contributed by atoms with Crippen molar-refractivity contribution < 1.29 is 4.79 Å². The molecule has 1 fully saturated rings. The molecule has 5 nitrogen and oxygen atoms in total. The Hall–Kier alpha value is -0.530. The first-order valence-corrected chi connectivity index (χ1v) is 5.41. The van der Waals surface area contributed by atoms with Crippen LogP contribution in [0, 0.1) is 5.92 Å². The molecule has 0 aromatic carbocycles. The van der Waals surface area contributed by atoms with Gasteiger partial charge in [0.1, 0.15) is 6.54 Å². The normalized spacial score (nSPS) is 15.6. The summed E-state index contributed by atoms with van der Waals surface area (Å²) in [6.45, 7) is 5.06. The van der Waals surface area contributed by atoms with Gasteiger partial charge in [-0.2, -0.15) is 0 Å². The molecule has 1 rings (SSSR count). The van der Waals surface area contributed by atoms with Crippen LogP contribution in [-0.4, -0.2) is 31.0 Å². The Morgan fingerprint density at radius 1 is 1.50 bits per heavy atom. The van der Waals surface area contributed by atoms with Crippen molar-refractivity contribution in [3.8, 4) is 0 Å². The molecule has 1 aliphatic carbocycles.